The lowest BCUT2D eigenvalue weighted by atomic mass is 10.1. The number of aromatic nitrogens is 2. The first-order valence-electron chi connectivity index (χ1n) is 4.74. The molecular weight excluding hydrogens is 291 g/mol. The summed E-state index contributed by atoms with van der Waals surface area (Å²) in [6.07, 6.45) is 2.66. The van der Waals surface area contributed by atoms with Crippen molar-refractivity contribution in [1.29, 1.82) is 0 Å². The lowest BCUT2D eigenvalue weighted by Gasteiger charge is -2.08. The van der Waals surface area contributed by atoms with Gasteiger partial charge in [-0.25, -0.2) is 4.98 Å². The molecule has 0 unspecified atom stereocenters. The molecule has 0 spiro atoms. The summed E-state index contributed by atoms with van der Waals surface area (Å²) in [6.45, 7) is 6.92. The average Bonchev–Trinajstić information content (AvgIpc) is 2.13. The van der Waals surface area contributed by atoms with Crippen LogP contribution in [0.1, 0.15) is 26.0 Å². The number of halogens is 1. The lowest BCUT2D eigenvalue weighted by Crippen LogP contribution is -2.24. The maximum absolute atomic E-state index is 11.7. The van der Waals surface area contributed by atoms with Gasteiger partial charge in [0.2, 0.25) is 0 Å². The van der Waals surface area contributed by atoms with Crippen LogP contribution < -0.4 is 5.56 Å². The fraction of sp³-hybridized carbons (Fsp3) is 0.600. The van der Waals surface area contributed by atoms with E-state index in [4.69, 9.17) is 0 Å². The highest BCUT2D eigenvalue weighted by Gasteiger charge is 2.05. The fourth-order valence-corrected chi connectivity index (χ4v) is 1.55. The van der Waals surface area contributed by atoms with Gasteiger partial charge in [-0.15, -0.1) is 0 Å². The van der Waals surface area contributed by atoms with Crippen molar-refractivity contribution in [3.63, 3.8) is 0 Å². The van der Waals surface area contributed by atoms with E-state index < -0.39 is 0 Å². The van der Waals surface area contributed by atoms with Gasteiger partial charge in [0.25, 0.3) is 5.56 Å². The van der Waals surface area contributed by atoms with Crippen LogP contribution >= 0.6 is 22.6 Å². The molecule has 1 aromatic rings. The van der Waals surface area contributed by atoms with Crippen molar-refractivity contribution in [2.75, 3.05) is 0 Å². The van der Waals surface area contributed by atoms with Crippen LogP contribution in [0.3, 0.4) is 0 Å². The average molecular weight is 306 g/mol. The van der Waals surface area contributed by atoms with E-state index in [0.29, 0.717) is 5.92 Å². The summed E-state index contributed by atoms with van der Waals surface area (Å²) in [5.74, 6) is 0.612. The van der Waals surface area contributed by atoms with E-state index in [0.717, 1.165) is 22.2 Å². The zero-order valence-electron chi connectivity index (χ0n) is 8.75. The van der Waals surface area contributed by atoms with E-state index in [1.54, 1.807) is 10.9 Å². The Morgan fingerprint density at radius 3 is 2.79 bits per heavy atom. The molecule has 0 radical (unpaired) electrons. The van der Waals surface area contributed by atoms with Crippen molar-refractivity contribution in [1.82, 2.24) is 9.55 Å². The number of hydrogen-bond acceptors (Lipinski definition) is 2. The van der Waals surface area contributed by atoms with E-state index in [2.05, 4.69) is 41.4 Å². The Labute approximate surface area is 97.7 Å². The third-order valence-corrected chi connectivity index (χ3v) is 3.35. The second-order valence-corrected chi connectivity index (χ2v) is 4.90. The van der Waals surface area contributed by atoms with Gasteiger partial charge < -0.3 is 0 Å². The minimum Gasteiger partial charge on any atom is -0.298 e. The molecule has 0 atom stereocenters. The SMILES string of the molecule is Cc1ncn(CCC(C)C)c(=O)c1I. The van der Waals surface area contributed by atoms with Crippen LogP contribution in [0, 0.1) is 16.4 Å². The fourth-order valence-electron chi connectivity index (χ4n) is 1.10. The highest BCUT2D eigenvalue weighted by atomic mass is 127. The maximum atomic E-state index is 11.7. The van der Waals surface area contributed by atoms with Gasteiger partial charge in [-0.1, -0.05) is 13.8 Å². The molecular formula is C10H15IN2O. The Hall–Kier alpha value is -0.390. The molecule has 14 heavy (non-hydrogen) atoms. The summed E-state index contributed by atoms with van der Waals surface area (Å²) in [5.41, 5.74) is 0.898. The Kier molecular flexibility index (Phi) is 4.10. The zero-order chi connectivity index (χ0) is 10.7. The first kappa shape index (κ1) is 11.7. The molecule has 1 heterocycles. The van der Waals surface area contributed by atoms with Crippen LogP contribution in [0.15, 0.2) is 11.1 Å². The molecule has 0 aliphatic carbocycles. The smallest absolute Gasteiger partial charge is 0.266 e. The summed E-state index contributed by atoms with van der Waals surface area (Å²) < 4.78 is 2.42. The molecule has 78 valence electrons. The first-order chi connectivity index (χ1) is 6.52. The molecule has 0 saturated heterocycles. The van der Waals surface area contributed by atoms with Crippen LogP contribution in [-0.4, -0.2) is 9.55 Å². The second kappa shape index (κ2) is 4.91. The zero-order valence-corrected chi connectivity index (χ0v) is 10.9. The van der Waals surface area contributed by atoms with E-state index >= 15 is 0 Å². The standard InChI is InChI=1S/C10H15IN2O/c1-7(2)4-5-13-6-12-8(3)9(11)10(13)14/h6-7H,4-5H2,1-3H3. The van der Waals surface area contributed by atoms with E-state index in [-0.39, 0.29) is 5.56 Å². The van der Waals surface area contributed by atoms with Gasteiger partial charge in [-0.3, -0.25) is 9.36 Å². The number of aryl methyl sites for hydroxylation is 2. The summed E-state index contributed by atoms with van der Waals surface area (Å²) in [6, 6.07) is 0. The lowest BCUT2D eigenvalue weighted by molar-refractivity contribution is 0.502. The molecule has 0 aromatic carbocycles. The molecule has 0 aliphatic heterocycles. The van der Waals surface area contributed by atoms with Gasteiger partial charge in [0.1, 0.15) is 0 Å². The normalized spacial score (nSPS) is 10.9. The van der Waals surface area contributed by atoms with Gasteiger partial charge in [0, 0.05) is 6.54 Å². The van der Waals surface area contributed by atoms with Gasteiger partial charge in [0.05, 0.1) is 15.6 Å². The Morgan fingerprint density at radius 2 is 2.21 bits per heavy atom. The summed E-state index contributed by atoms with van der Waals surface area (Å²) in [7, 11) is 0. The van der Waals surface area contributed by atoms with Crippen molar-refractivity contribution in [2.45, 2.75) is 33.7 Å². The Bertz CT molecular complexity index is 371. The monoisotopic (exact) mass is 306 g/mol. The van der Waals surface area contributed by atoms with E-state index in [1.807, 2.05) is 6.92 Å². The predicted molar refractivity (Wildman–Crippen MR) is 65.4 cm³/mol. The molecule has 0 saturated carbocycles. The van der Waals surface area contributed by atoms with Gasteiger partial charge in [-0.05, 0) is 41.9 Å². The maximum Gasteiger partial charge on any atom is 0.266 e. The Morgan fingerprint density at radius 1 is 1.57 bits per heavy atom. The molecule has 0 N–H and O–H groups in total. The number of rotatable bonds is 3. The van der Waals surface area contributed by atoms with Crippen LogP contribution in [0.4, 0.5) is 0 Å². The van der Waals surface area contributed by atoms with Gasteiger partial charge >= 0.3 is 0 Å². The van der Waals surface area contributed by atoms with Crippen molar-refractivity contribution in [3.8, 4) is 0 Å². The van der Waals surface area contributed by atoms with Gasteiger partial charge in [-0.2, -0.15) is 0 Å². The molecule has 0 bridgehead atoms. The third-order valence-electron chi connectivity index (χ3n) is 2.10. The molecule has 4 heteroatoms. The van der Waals surface area contributed by atoms with Crippen molar-refractivity contribution in [2.24, 2.45) is 5.92 Å². The van der Waals surface area contributed by atoms with E-state index in [9.17, 15) is 4.79 Å². The summed E-state index contributed by atoms with van der Waals surface area (Å²) in [5, 5.41) is 0. The molecule has 1 aromatic heterocycles. The summed E-state index contributed by atoms with van der Waals surface area (Å²) in [4.78, 5) is 15.9. The van der Waals surface area contributed by atoms with E-state index in [1.165, 1.54) is 0 Å². The highest BCUT2D eigenvalue weighted by Crippen LogP contribution is 2.04. The van der Waals surface area contributed by atoms with Crippen LogP contribution in [-0.2, 0) is 6.54 Å². The molecule has 0 fully saturated rings. The van der Waals surface area contributed by atoms with Crippen LogP contribution in [0.25, 0.3) is 0 Å². The molecule has 0 amide bonds. The van der Waals surface area contributed by atoms with Crippen molar-refractivity contribution < 1.29 is 0 Å². The van der Waals surface area contributed by atoms with Crippen LogP contribution in [0.2, 0.25) is 0 Å². The minimum absolute atomic E-state index is 0.0822. The molecule has 1 rings (SSSR count). The topological polar surface area (TPSA) is 34.9 Å². The highest BCUT2D eigenvalue weighted by molar-refractivity contribution is 14.1. The molecule has 3 nitrogen and oxygen atoms in total. The minimum atomic E-state index is 0.0822. The third kappa shape index (κ3) is 2.80. The number of nitrogens with zero attached hydrogens (tertiary/aromatic N) is 2. The summed E-state index contributed by atoms with van der Waals surface area (Å²) >= 11 is 2.06. The quantitative estimate of drug-likeness (QED) is 0.803. The second-order valence-electron chi connectivity index (χ2n) is 3.83. The molecule has 0 aliphatic rings. The predicted octanol–water partition coefficient (Wildman–Crippen LogP) is 2.20. The van der Waals surface area contributed by atoms with Crippen molar-refractivity contribution in [3.05, 3.63) is 25.9 Å². The van der Waals surface area contributed by atoms with Gasteiger partial charge in [0.15, 0.2) is 0 Å². The largest absolute Gasteiger partial charge is 0.298 e. The Balaban J connectivity index is 2.89. The van der Waals surface area contributed by atoms with Crippen molar-refractivity contribution >= 4 is 22.6 Å². The number of hydrogen-bond donors (Lipinski definition) is 0. The van der Waals surface area contributed by atoms with Crippen LogP contribution in [0.5, 0.6) is 0 Å². The first-order valence-corrected chi connectivity index (χ1v) is 5.81.